The van der Waals surface area contributed by atoms with E-state index in [9.17, 15) is 23.9 Å². The Kier molecular flexibility index (Phi) is 5.63. The van der Waals surface area contributed by atoms with E-state index in [0.29, 0.717) is 29.4 Å². The molecule has 0 bridgehead atoms. The molecule has 0 spiro atoms. The summed E-state index contributed by atoms with van der Waals surface area (Å²) in [6.07, 6.45) is 4.54. The summed E-state index contributed by atoms with van der Waals surface area (Å²) < 4.78 is 16.0. The minimum atomic E-state index is -1.06. The molecule has 0 radical (unpaired) electrons. The van der Waals surface area contributed by atoms with E-state index in [0.717, 1.165) is 18.4 Å². The smallest absolute Gasteiger partial charge is 0.407 e. The lowest BCUT2D eigenvalue weighted by Gasteiger charge is -2.39. The number of carbonyl (C=O) groups excluding carboxylic acids is 1. The highest BCUT2D eigenvalue weighted by atomic mass is 19.1. The fraction of sp³-hybridized carbons (Fsp3) is 0.400. The van der Waals surface area contributed by atoms with Crippen LogP contribution in [0.4, 0.5) is 9.18 Å². The highest BCUT2D eigenvalue weighted by Crippen LogP contribution is 2.38. The van der Waals surface area contributed by atoms with Gasteiger partial charge in [-0.2, -0.15) is 0 Å². The van der Waals surface area contributed by atoms with Crippen LogP contribution in [0.1, 0.15) is 36.3 Å². The predicted octanol–water partition coefficient (Wildman–Crippen LogP) is 3.28. The summed E-state index contributed by atoms with van der Waals surface area (Å²) in [7, 11) is 1.66. The van der Waals surface area contributed by atoms with E-state index in [-0.39, 0.29) is 42.3 Å². The minimum Gasteiger partial charge on any atom is -0.465 e. The number of halogens is 1. The number of nitrogens with zero attached hydrogens (tertiary/aromatic N) is 3. The summed E-state index contributed by atoms with van der Waals surface area (Å²) >= 11 is 0. The van der Waals surface area contributed by atoms with Crippen molar-refractivity contribution in [1.29, 1.82) is 0 Å². The Hall–Kier alpha value is -3.62. The Morgan fingerprint density at radius 3 is 2.74 bits per heavy atom. The number of aryl methyl sites for hydroxylation is 1. The third-order valence-electron chi connectivity index (χ3n) is 7.11. The second-order valence-electron chi connectivity index (χ2n) is 9.31. The maximum absolute atomic E-state index is 14.6. The molecule has 2 amide bonds. The fourth-order valence-corrected chi connectivity index (χ4v) is 5.07. The van der Waals surface area contributed by atoms with Gasteiger partial charge >= 0.3 is 6.09 Å². The zero-order valence-electron chi connectivity index (χ0n) is 18.9. The number of fused-ring (bicyclic) bond motifs is 1. The van der Waals surface area contributed by atoms with Gasteiger partial charge < -0.3 is 24.5 Å². The molecule has 34 heavy (non-hydrogen) atoms. The largest absolute Gasteiger partial charge is 0.465 e. The lowest BCUT2D eigenvalue weighted by molar-refractivity contribution is -0.139. The van der Waals surface area contributed by atoms with E-state index in [1.807, 2.05) is 6.07 Å². The number of hydrogen-bond donors (Lipinski definition) is 2. The molecule has 2 fully saturated rings. The maximum atomic E-state index is 14.6. The van der Waals surface area contributed by atoms with Gasteiger partial charge in [0.05, 0.1) is 5.92 Å². The van der Waals surface area contributed by atoms with Crippen LogP contribution in [0.15, 0.2) is 47.5 Å². The number of piperidine rings is 1. The Bertz CT molecular complexity index is 1310. The lowest BCUT2D eigenvalue weighted by Crippen LogP contribution is -2.50. The number of rotatable bonds is 5. The zero-order valence-corrected chi connectivity index (χ0v) is 18.9. The topological polar surface area (TPSA) is 98.6 Å². The molecule has 1 aliphatic heterocycles. The number of likely N-dealkylation sites (tertiary alicyclic amines) is 1. The van der Waals surface area contributed by atoms with Crippen LogP contribution >= 0.6 is 0 Å². The number of amides is 2. The van der Waals surface area contributed by atoms with Crippen molar-refractivity contribution in [3.05, 3.63) is 70.0 Å². The van der Waals surface area contributed by atoms with Gasteiger partial charge in [-0.15, -0.1) is 0 Å². The molecule has 2 aromatic heterocycles. The Morgan fingerprint density at radius 1 is 1.24 bits per heavy atom. The van der Waals surface area contributed by atoms with E-state index >= 15 is 0 Å². The van der Waals surface area contributed by atoms with Gasteiger partial charge in [0.25, 0.3) is 5.56 Å². The third-order valence-corrected chi connectivity index (χ3v) is 7.11. The Balaban J connectivity index is 1.48. The molecule has 1 saturated carbocycles. The number of aromatic amines is 1. The van der Waals surface area contributed by atoms with Crippen LogP contribution in [0.25, 0.3) is 10.9 Å². The summed E-state index contributed by atoms with van der Waals surface area (Å²) in [4.78, 5) is 44.1. The van der Waals surface area contributed by atoms with Crippen LogP contribution in [-0.4, -0.2) is 55.6 Å². The normalized spacial score (nSPS) is 20.5. The highest BCUT2D eigenvalue weighted by Gasteiger charge is 2.43. The summed E-state index contributed by atoms with van der Waals surface area (Å²) in [5.41, 5.74) is 1.95. The van der Waals surface area contributed by atoms with Gasteiger partial charge in [-0.1, -0.05) is 6.07 Å². The van der Waals surface area contributed by atoms with Crippen LogP contribution in [0.2, 0.25) is 0 Å². The van der Waals surface area contributed by atoms with Crippen molar-refractivity contribution in [3.8, 4) is 0 Å². The van der Waals surface area contributed by atoms with Gasteiger partial charge in [0.1, 0.15) is 5.82 Å². The zero-order chi connectivity index (χ0) is 24.0. The maximum Gasteiger partial charge on any atom is 0.407 e. The number of carboxylic acid groups (broad SMARTS) is 1. The number of carbonyl (C=O) groups is 2. The highest BCUT2D eigenvalue weighted by molar-refractivity contribution is 5.86. The monoisotopic (exact) mass is 466 g/mol. The summed E-state index contributed by atoms with van der Waals surface area (Å²) in [5, 5.41) is 10.1. The third kappa shape index (κ3) is 4.06. The van der Waals surface area contributed by atoms with Gasteiger partial charge in [-0.05, 0) is 54.5 Å². The average molecular weight is 467 g/mol. The molecule has 2 unspecified atom stereocenters. The van der Waals surface area contributed by atoms with E-state index in [1.165, 1.54) is 21.6 Å². The Morgan fingerprint density at radius 2 is 2.03 bits per heavy atom. The van der Waals surface area contributed by atoms with Crippen molar-refractivity contribution >= 4 is 22.9 Å². The first-order valence-electron chi connectivity index (χ1n) is 11.5. The van der Waals surface area contributed by atoms with Crippen LogP contribution in [0.5, 0.6) is 0 Å². The van der Waals surface area contributed by atoms with Crippen molar-refractivity contribution < 1.29 is 19.1 Å². The summed E-state index contributed by atoms with van der Waals surface area (Å²) in [6, 6.07) is 8.26. The number of pyridine rings is 1. The molecule has 5 rings (SSSR count). The number of H-pyrrole nitrogens is 1. The van der Waals surface area contributed by atoms with E-state index in [1.54, 1.807) is 36.5 Å². The quantitative estimate of drug-likeness (QED) is 0.603. The molecule has 2 N–H and O–H groups in total. The van der Waals surface area contributed by atoms with Gasteiger partial charge in [-0.25, -0.2) is 9.18 Å². The van der Waals surface area contributed by atoms with E-state index < -0.39 is 12.0 Å². The molecule has 1 aliphatic carbocycles. The number of aromatic nitrogens is 2. The van der Waals surface area contributed by atoms with Gasteiger partial charge in [0.15, 0.2) is 0 Å². The fourth-order valence-electron chi connectivity index (χ4n) is 5.07. The molecule has 3 aromatic rings. The van der Waals surface area contributed by atoms with Crippen molar-refractivity contribution in [3.63, 3.8) is 0 Å². The number of benzene rings is 1. The van der Waals surface area contributed by atoms with E-state index in [2.05, 4.69) is 4.98 Å². The molecular formula is C25H27FN4O4. The van der Waals surface area contributed by atoms with Crippen LogP contribution < -0.4 is 5.56 Å². The first-order chi connectivity index (χ1) is 16.3. The molecule has 3 heterocycles. The first-order valence-corrected chi connectivity index (χ1v) is 11.5. The number of nitrogens with one attached hydrogen (secondary N) is 1. The van der Waals surface area contributed by atoms with Crippen LogP contribution in [0.3, 0.4) is 0 Å². The molecule has 1 aromatic carbocycles. The molecule has 2 atom stereocenters. The van der Waals surface area contributed by atoms with Gasteiger partial charge in [-0.3, -0.25) is 9.59 Å². The van der Waals surface area contributed by atoms with Crippen molar-refractivity contribution in [2.75, 3.05) is 13.1 Å². The van der Waals surface area contributed by atoms with E-state index in [4.69, 9.17) is 0 Å². The second kappa shape index (κ2) is 8.62. The molecular weight excluding hydrogens is 439 g/mol. The van der Waals surface area contributed by atoms with Gasteiger partial charge in [0.2, 0.25) is 5.91 Å². The van der Waals surface area contributed by atoms with Crippen LogP contribution in [0, 0.1) is 11.7 Å². The predicted molar refractivity (Wildman–Crippen MR) is 124 cm³/mol. The first kappa shape index (κ1) is 22.2. The SMILES string of the molecule is Cn1ccc(C2CCN(C(=O)O)CC2C(=O)N(Cc2c[nH]c3cccc(F)c23)C2CC2)cc1=O. The van der Waals surface area contributed by atoms with Gasteiger partial charge in [0, 0.05) is 62.1 Å². The molecule has 2 aliphatic rings. The summed E-state index contributed by atoms with van der Waals surface area (Å²) in [6.45, 7) is 0.618. The number of hydrogen-bond acceptors (Lipinski definition) is 3. The summed E-state index contributed by atoms with van der Waals surface area (Å²) in [5.74, 6) is -1.37. The van der Waals surface area contributed by atoms with Crippen molar-refractivity contribution in [2.45, 2.75) is 37.8 Å². The van der Waals surface area contributed by atoms with Crippen LogP contribution in [-0.2, 0) is 18.4 Å². The standard InChI is InChI=1S/C25H27FN4O4/c1-28-9-7-15(11-22(28)31)18-8-10-29(25(33)34)14-19(18)24(32)30(17-5-6-17)13-16-12-27-21-4-2-3-20(26)23(16)21/h2-4,7,9,11-12,17-19,27H,5-6,8,10,13-14H2,1H3,(H,33,34). The van der Waals surface area contributed by atoms with Crippen molar-refractivity contribution in [2.24, 2.45) is 13.0 Å². The minimum absolute atomic E-state index is 0.0497. The van der Waals surface area contributed by atoms with Crippen molar-refractivity contribution in [1.82, 2.24) is 19.4 Å². The molecule has 178 valence electrons. The molecule has 9 heteroatoms. The second-order valence-corrected chi connectivity index (χ2v) is 9.31. The molecule has 8 nitrogen and oxygen atoms in total. The Labute approximate surface area is 195 Å². The average Bonchev–Trinajstić information content (AvgIpc) is 3.58. The molecule has 1 saturated heterocycles. The lowest BCUT2D eigenvalue weighted by atomic mass is 9.80.